The lowest BCUT2D eigenvalue weighted by atomic mass is 9.76. The van der Waals surface area contributed by atoms with Crippen LogP contribution in [0, 0.1) is 0 Å². The monoisotopic (exact) mass is 480 g/mol. The Morgan fingerprint density at radius 3 is 2.44 bits per heavy atom. The van der Waals surface area contributed by atoms with Crippen LogP contribution >= 0.6 is 0 Å². The number of aliphatic hydroxyl groups is 1. The number of fused-ring (bicyclic) bond motifs is 1. The number of hydrogen-bond acceptors (Lipinski definition) is 6. The summed E-state index contributed by atoms with van der Waals surface area (Å²) < 4.78 is 30.0. The maximum Gasteiger partial charge on any atom is 0.178 e. The van der Waals surface area contributed by atoms with Crippen LogP contribution in [-0.4, -0.2) is 50.4 Å². The van der Waals surface area contributed by atoms with Crippen molar-refractivity contribution >= 4 is 21.2 Å². The fraction of sp³-hybridized carbons (Fsp3) is 0.370. The zero-order chi connectivity index (χ0) is 24.7. The summed E-state index contributed by atoms with van der Waals surface area (Å²) in [5, 5.41) is 13.8. The van der Waals surface area contributed by atoms with Gasteiger partial charge in [-0.25, -0.2) is 8.42 Å². The summed E-state index contributed by atoms with van der Waals surface area (Å²) in [5.41, 5.74) is 4.83. The molecule has 1 aliphatic heterocycles. The number of allylic oxidation sites excluding steroid dienone is 2. The maximum atomic E-state index is 12.2. The van der Waals surface area contributed by atoms with Crippen LogP contribution in [0.25, 0.3) is 5.57 Å². The number of benzene rings is 2. The molecule has 3 atom stereocenters. The van der Waals surface area contributed by atoms with E-state index in [9.17, 15) is 13.5 Å². The average Bonchev–Trinajstić information content (AvgIpc) is 3.17. The number of hydrogen-bond donors (Lipinski definition) is 2. The van der Waals surface area contributed by atoms with Crippen molar-refractivity contribution in [3.8, 4) is 5.75 Å². The molecule has 4 rings (SSSR count). The van der Waals surface area contributed by atoms with E-state index in [0.717, 1.165) is 33.6 Å². The van der Waals surface area contributed by atoms with Crippen LogP contribution < -0.4 is 10.1 Å². The Kier molecular flexibility index (Phi) is 6.44. The minimum absolute atomic E-state index is 0.0515. The zero-order valence-corrected chi connectivity index (χ0v) is 21.1. The van der Waals surface area contributed by atoms with Crippen molar-refractivity contribution in [2.45, 2.75) is 50.1 Å². The third kappa shape index (κ3) is 4.07. The Balaban J connectivity index is 1.73. The van der Waals surface area contributed by atoms with Crippen LogP contribution in [-0.2, 0) is 9.84 Å². The lowest BCUT2D eigenvalue weighted by Gasteiger charge is -2.35. The van der Waals surface area contributed by atoms with E-state index in [2.05, 4.69) is 38.2 Å². The van der Waals surface area contributed by atoms with Gasteiger partial charge in [0.25, 0.3) is 0 Å². The van der Waals surface area contributed by atoms with Crippen LogP contribution in [0.3, 0.4) is 0 Å². The molecule has 3 unspecified atom stereocenters. The SMILES string of the molecule is CCS(=O)(=O)c1ccc(C(CO)C2=NC3C(C)=C(c4ccccc4OC)C(C)=CC3(C)N2)cc1. The number of methoxy groups -OCH3 is 1. The molecule has 0 bridgehead atoms. The number of nitrogens with one attached hydrogen (secondary N) is 1. The number of aliphatic imine (C=N–C) groups is 1. The first-order valence-corrected chi connectivity index (χ1v) is 13.1. The molecule has 6 nitrogen and oxygen atoms in total. The van der Waals surface area contributed by atoms with Gasteiger partial charge in [0.2, 0.25) is 0 Å². The lowest BCUT2D eigenvalue weighted by molar-refractivity contribution is 0.288. The van der Waals surface area contributed by atoms with E-state index in [1.54, 1.807) is 38.3 Å². The molecular weight excluding hydrogens is 448 g/mol. The maximum absolute atomic E-state index is 12.2. The number of para-hydroxylation sites is 1. The average molecular weight is 481 g/mol. The quantitative estimate of drug-likeness (QED) is 0.622. The topological polar surface area (TPSA) is 88.0 Å². The van der Waals surface area contributed by atoms with E-state index in [4.69, 9.17) is 9.73 Å². The fourth-order valence-corrected chi connectivity index (χ4v) is 6.04. The van der Waals surface area contributed by atoms with Gasteiger partial charge in [-0.1, -0.05) is 43.3 Å². The van der Waals surface area contributed by atoms with Gasteiger partial charge in [0, 0.05) is 5.56 Å². The molecule has 2 aromatic carbocycles. The highest BCUT2D eigenvalue weighted by Crippen LogP contribution is 2.44. The van der Waals surface area contributed by atoms with E-state index in [1.165, 1.54) is 0 Å². The van der Waals surface area contributed by atoms with Crippen LogP contribution in [0.1, 0.15) is 44.7 Å². The van der Waals surface area contributed by atoms with E-state index >= 15 is 0 Å². The normalized spacial score (nSPS) is 23.1. The number of ether oxygens (including phenoxy) is 1. The Labute approximate surface area is 202 Å². The van der Waals surface area contributed by atoms with Crippen LogP contribution in [0.4, 0.5) is 0 Å². The Morgan fingerprint density at radius 2 is 1.82 bits per heavy atom. The molecule has 0 saturated carbocycles. The Bertz CT molecular complexity index is 1290. The molecule has 0 saturated heterocycles. The summed E-state index contributed by atoms with van der Waals surface area (Å²) in [4.78, 5) is 5.34. The molecule has 7 heteroatoms. The molecule has 34 heavy (non-hydrogen) atoms. The first kappa shape index (κ1) is 24.2. The van der Waals surface area contributed by atoms with Crippen LogP contribution in [0.15, 0.2) is 75.6 Å². The van der Waals surface area contributed by atoms with E-state index in [0.29, 0.717) is 5.84 Å². The minimum Gasteiger partial charge on any atom is -0.496 e. The highest BCUT2D eigenvalue weighted by Gasteiger charge is 2.45. The fourth-order valence-electron chi connectivity index (χ4n) is 5.16. The van der Waals surface area contributed by atoms with E-state index in [-0.39, 0.29) is 29.2 Å². The summed E-state index contributed by atoms with van der Waals surface area (Å²) in [5.74, 6) is 1.19. The molecule has 2 N–H and O–H groups in total. The second kappa shape index (κ2) is 9.04. The lowest BCUT2D eigenvalue weighted by Crippen LogP contribution is -2.49. The summed E-state index contributed by atoms with van der Waals surface area (Å²) in [7, 11) is -1.60. The minimum atomic E-state index is -3.28. The molecule has 1 heterocycles. The summed E-state index contributed by atoms with van der Waals surface area (Å²) in [6.45, 7) is 7.81. The van der Waals surface area contributed by atoms with Gasteiger partial charge in [0.15, 0.2) is 9.84 Å². The molecule has 0 aromatic heterocycles. The summed E-state index contributed by atoms with van der Waals surface area (Å²) in [6.07, 6.45) is 2.20. The predicted molar refractivity (Wildman–Crippen MR) is 136 cm³/mol. The highest BCUT2D eigenvalue weighted by molar-refractivity contribution is 7.91. The molecule has 1 aliphatic carbocycles. The standard InChI is InChI=1S/C27H32N2O4S/c1-6-34(31,32)20-13-11-19(12-14-20)22(16-30)26-28-25-18(3)24(17(2)15-27(25,4)29-26)21-9-7-8-10-23(21)33-5/h7-15,22,25,30H,6,16H2,1-5H3,(H,28,29). The largest absolute Gasteiger partial charge is 0.496 e. The first-order chi connectivity index (χ1) is 16.1. The number of rotatable bonds is 7. The van der Waals surface area contributed by atoms with Crippen molar-refractivity contribution in [1.29, 1.82) is 0 Å². The van der Waals surface area contributed by atoms with Gasteiger partial charge in [-0.3, -0.25) is 4.99 Å². The number of amidine groups is 1. The third-order valence-corrected chi connectivity index (χ3v) is 8.61. The van der Waals surface area contributed by atoms with E-state index in [1.807, 2.05) is 18.2 Å². The summed E-state index contributed by atoms with van der Waals surface area (Å²) >= 11 is 0. The van der Waals surface area contributed by atoms with Gasteiger partial charge in [0.1, 0.15) is 11.6 Å². The first-order valence-electron chi connectivity index (χ1n) is 11.5. The van der Waals surface area contributed by atoms with Crippen LogP contribution in [0.2, 0.25) is 0 Å². The summed E-state index contributed by atoms with van der Waals surface area (Å²) in [6, 6.07) is 14.6. The molecule has 2 aromatic rings. The Hall–Kier alpha value is -2.90. The van der Waals surface area contributed by atoms with Crippen molar-refractivity contribution in [1.82, 2.24) is 5.32 Å². The van der Waals surface area contributed by atoms with Crippen molar-refractivity contribution in [3.63, 3.8) is 0 Å². The molecular formula is C27H32N2O4S. The third-order valence-electron chi connectivity index (χ3n) is 6.86. The smallest absolute Gasteiger partial charge is 0.178 e. The molecule has 0 spiro atoms. The second-order valence-corrected chi connectivity index (χ2v) is 11.4. The number of aliphatic hydroxyl groups excluding tert-OH is 1. The molecule has 0 radical (unpaired) electrons. The Morgan fingerprint density at radius 1 is 1.15 bits per heavy atom. The van der Waals surface area contributed by atoms with Crippen molar-refractivity contribution in [2.75, 3.05) is 19.5 Å². The highest BCUT2D eigenvalue weighted by atomic mass is 32.2. The second-order valence-electron chi connectivity index (χ2n) is 9.12. The number of nitrogens with zero attached hydrogens (tertiary/aromatic N) is 1. The van der Waals surface area contributed by atoms with Crippen LogP contribution in [0.5, 0.6) is 5.75 Å². The van der Waals surface area contributed by atoms with E-state index < -0.39 is 15.4 Å². The van der Waals surface area contributed by atoms with Gasteiger partial charge >= 0.3 is 0 Å². The van der Waals surface area contributed by atoms with Gasteiger partial charge in [0.05, 0.1) is 41.9 Å². The number of sulfone groups is 1. The van der Waals surface area contributed by atoms with Crippen molar-refractivity contribution < 1.29 is 18.3 Å². The predicted octanol–water partition coefficient (Wildman–Crippen LogP) is 4.13. The molecule has 180 valence electrons. The van der Waals surface area contributed by atoms with Crippen molar-refractivity contribution in [3.05, 3.63) is 76.9 Å². The molecule has 0 amide bonds. The molecule has 2 aliphatic rings. The van der Waals surface area contributed by atoms with Gasteiger partial charge in [-0.05, 0) is 61.3 Å². The molecule has 0 fully saturated rings. The van der Waals surface area contributed by atoms with Gasteiger partial charge in [-0.2, -0.15) is 0 Å². The zero-order valence-electron chi connectivity index (χ0n) is 20.3. The van der Waals surface area contributed by atoms with Gasteiger partial charge in [-0.15, -0.1) is 0 Å². The van der Waals surface area contributed by atoms with Crippen molar-refractivity contribution in [2.24, 2.45) is 4.99 Å². The van der Waals surface area contributed by atoms with Gasteiger partial charge < -0.3 is 15.2 Å².